The first-order valence-corrected chi connectivity index (χ1v) is 8.33. The van der Waals surface area contributed by atoms with Crippen molar-refractivity contribution in [3.8, 4) is 0 Å². The van der Waals surface area contributed by atoms with Gasteiger partial charge in [-0.15, -0.1) is 0 Å². The van der Waals surface area contributed by atoms with E-state index in [1.54, 1.807) is 0 Å². The number of carbonyl (C=O) groups is 1. The lowest BCUT2D eigenvalue weighted by molar-refractivity contribution is 0.0929. The van der Waals surface area contributed by atoms with E-state index in [9.17, 15) is 4.79 Å². The van der Waals surface area contributed by atoms with Crippen molar-refractivity contribution in [2.75, 3.05) is 19.6 Å². The Morgan fingerprint density at radius 1 is 1.18 bits per heavy atom. The molecule has 1 amide bonds. The standard InChI is InChI=1S/C18H31N3O/c1-5-21(6-2)17(11-14(3)4)13-20-18(22)16-9-7-15(12-19)8-10-16/h7-10,14,17H,5-6,11-13,19H2,1-4H3,(H,20,22). The molecule has 4 heteroatoms. The Kier molecular flexibility index (Phi) is 8.13. The number of nitrogens with one attached hydrogen (secondary N) is 1. The van der Waals surface area contributed by atoms with Crippen molar-refractivity contribution in [1.82, 2.24) is 10.2 Å². The third-order valence-corrected chi connectivity index (χ3v) is 4.02. The van der Waals surface area contributed by atoms with Gasteiger partial charge in [-0.05, 0) is 43.1 Å². The molecule has 0 aliphatic carbocycles. The lowest BCUT2D eigenvalue weighted by atomic mass is 10.0. The summed E-state index contributed by atoms with van der Waals surface area (Å²) in [5.41, 5.74) is 7.31. The highest BCUT2D eigenvalue weighted by Crippen LogP contribution is 2.11. The minimum absolute atomic E-state index is 0.00974. The molecule has 1 unspecified atom stereocenters. The van der Waals surface area contributed by atoms with Gasteiger partial charge in [-0.25, -0.2) is 0 Å². The predicted octanol–water partition coefficient (Wildman–Crippen LogP) is 2.63. The molecule has 0 spiro atoms. The molecule has 0 heterocycles. The number of hydrogen-bond donors (Lipinski definition) is 2. The van der Waals surface area contributed by atoms with E-state index < -0.39 is 0 Å². The molecule has 0 aliphatic heterocycles. The number of nitrogens with zero attached hydrogens (tertiary/aromatic N) is 1. The van der Waals surface area contributed by atoms with Crippen molar-refractivity contribution < 1.29 is 4.79 Å². The van der Waals surface area contributed by atoms with Crippen LogP contribution in [0.25, 0.3) is 0 Å². The van der Waals surface area contributed by atoms with Gasteiger partial charge in [0.2, 0.25) is 0 Å². The first kappa shape index (κ1) is 18.7. The molecule has 0 aromatic heterocycles. The van der Waals surface area contributed by atoms with Crippen molar-refractivity contribution in [1.29, 1.82) is 0 Å². The number of nitrogens with two attached hydrogens (primary N) is 1. The molecule has 22 heavy (non-hydrogen) atoms. The van der Waals surface area contributed by atoms with Crippen molar-refractivity contribution in [3.63, 3.8) is 0 Å². The average Bonchev–Trinajstić information content (AvgIpc) is 2.52. The molecule has 0 fully saturated rings. The molecule has 0 aliphatic rings. The molecule has 1 rings (SSSR count). The quantitative estimate of drug-likeness (QED) is 0.737. The summed E-state index contributed by atoms with van der Waals surface area (Å²) in [6.45, 7) is 12.0. The second-order valence-electron chi connectivity index (χ2n) is 6.12. The molecule has 1 aromatic carbocycles. The fraction of sp³-hybridized carbons (Fsp3) is 0.611. The molecule has 0 radical (unpaired) electrons. The zero-order valence-electron chi connectivity index (χ0n) is 14.4. The fourth-order valence-corrected chi connectivity index (χ4v) is 2.75. The summed E-state index contributed by atoms with van der Waals surface area (Å²) in [5, 5.41) is 3.08. The maximum atomic E-state index is 12.3. The van der Waals surface area contributed by atoms with E-state index in [0.29, 0.717) is 30.6 Å². The number of carbonyl (C=O) groups excluding carboxylic acids is 1. The highest BCUT2D eigenvalue weighted by molar-refractivity contribution is 5.94. The summed E-state index contributed by atoms with van der Waals surface area (Å²) >= 11 is 0. The Morgan fingerprint density at radius 3 is 2.23 bits per heavy atom. The Balaban J connectivity index is 2.63. The Labute approximate surface area is 135 Å². The van der Waals surface area contributed by atoms with Crippen molar-refractivity contribution in [3.05, 3.63) is 35.4 Å². The van der Waals surface area contributed by atoms with Crippen molar-refractivity contribution in [2.45, 2.75) is 46.7 Å². The molecule has 0 bridgehead atoms. The van der Waals surface area contributed by atoms with Crippen LogP contribution < -0.4 is 11.1 Å². The number of rotatable bonds is 9. The van der Waals surface area contributed by atoms with Crippen LogP contribution in [0.2, 0.25) is 0 Å². The highest BCUT2D eigenvalue weighted by atomic mass is 16.1. The van der Waals surface area contributed by atoms with Crippen LogP contribution in [-0.4, -0.2) is 36.5 Å². The molecule has 3 N–H and O–H groups in total. The molecule has 0 saturated carbocycles. The first-order chi connectivity index (χ1) is 10.5. The molecule has 0 saturated heterocycles. The van der Waals surface area contributed by atoms with Crippen LogP contribution in [-0.2, 0) is 6.54 Å². The van der Waals surface area contributed by atoms with E-state index >= 15 is 0 Å². The van der Waals surface area contributed by atoms with Crippen molar-refractivity contribution >= 4 is 5.91 Å². The second kappa shape index (κ2) is 9.59. The van der Waals surface area contributed by atoms with Crippen LogP contribution in [0.4, 0.5) is 0 Å². The van der Waals surface area contributed by atoms with E-state index in [-0.39, 0.29) is 5.91 Å². The summed E-state index contributed by atoms with van der Waals surface area (Å²) in [5.74, 6) is 0.607. The second-order valence-corrected chi connectivity index (χ2v) is 6.12. The SMILES string of the molecule is CCN(CC)C(CNC(=O)c1ccc(CN)cc1)CC(C)C. The third kappa shape index (κ3) is 5.78. The molecule has 124 valence electrons. The zero-order chi connectivity index (χ0) is 16.5. The smallest absolute Gasteiger partial charge is 0.251 e. The summed E-state index contributed by atoms with van der Waals surface area (Å²) < 4.78 is 0. The van der Waals surface area contributed by atoms with E-state index in [0.717, 1.165) is 25.1 Å². The molecular weight excluding hydrogens is 274 g/mol. The van der Waals surface area contributed by atoms with Crippen LogP contribution in [0.1, 0.15) is 50.0 Å². The van der Waals surface area contributed by atoms with Crippen LogP contribution in [0.5, 0.6) is 0 Å². The average molecular weight is 305 g/mol. The lowest BCUT2D eigenvalue weighted by Gasteiger charge is -2.31. The van der Waals surface area contributed by atoms with E-state index in [1.807, 2.05) is 24.3 Å². The predicted molar refractivity (Wildman–Crippen MR) is 92.8 cm³/mol. The topological polar surface area (TPSA) is 58.4 Å². The van der Waals surface area contributed by atoms with Gasteiger partial charge in [0.1, 0.15) is 0 Å². The van der Waals surface area contributed by atoms with Crippen LogP contribution in [0, 0.1) is 5.92 Å². The van der Waals surface area contributed by atoms with Gasteiger partial charge in [-0.1, -0.05) is 39.8 Å². The summed E-state index contributed by atoms with van der Waals surface area (Å²) in [7, 11) is 0. The monoisotopic (exact) mass is 305 g/mol. The van der Waals surface area contributed by atoms with Crippen LogP contribution >= 0.6 is 0 Å². The number of hydrogen-bond acceptors (Lipinski definition) is 3. The lowest BCUT2D eigenvalue weighted by Crippen LogP contribution is -2.44. The van der Waals surface area contributed by atoms with Gasteiger partial charge >= 0.3 is 0 Å². The molecular formula is C18H31N3O. The largest absolute Gasteiger partial charge is 0.350 e. The molecule has 1 atom stereocenters. The van der Waals surface area contributed by atoms with Crippen LogP contribution in [0.15, 0.2) is 24.3 Å². The van der Waals surface area contributed by atoms with E-state index in [2.05, 4.69) is 37.9 Å². The van der Waals surface area contributed by atoms with Crippen LogP contribution in [0.3, 0.4) is 0 Å². The summed E-state index contributed by atoms with van der Waals surface area (Å²) in [6, 6.07) is 7.89. The Bertz CT molecular complexity index is 438. The number of likely N-dealkylation sites (N-methyl/N-ethyl adjacent to an activating group) is 1. The van der Waals surface area contributed by atoms with Crippen molar-refractivity contribution in [2.24, 2.45) is 11.7 Å². The Hall–Kier alpha value is -1.39. The number of amides is 1. The highest BCUT2D eigenvalue weighted by Gasteiger charge is 2.18. The zero-order valence-corrected chi connectivity index (χ0v) is 14.4. The summed E-state index contributed by atoms with van der Waals surface area (Å²) in [4.78, 5) is 14.7. The molecule has 4 nitrogen and oxygen atoms in total. The van der Waals surface area contributed by atoms with Gasteiger partial charge in [0, 0.05) is 24.7 Å². The van der Waals surface area contributed by atoms with E-state index in [4.69, 9.17) is 5.73 Å². The van der Waals surface area contributed by atoms with Gasteiger partial charge in [-0.2, -0.15) is 0 Å². The normalized spacial score (nSPS) is 12.7. The third-order valence-electron chi connectivity index (χ3n) is 4.02. The fourth-order valence-electron chi connectivity index (χ4n) is 2.75. The number of benzene rings is 1. The minimum atomic E-state index is -0.00974. The maximum absolute atomic E-state index is 12.3. The summed E-state index contributed by atoms with van der Waals surface area (Å²) in [6.07, 6.45) is 1.09. The minimum Gasteiger partial charge on any atom is -0.350 e. The van der Waals surface area contributed by atoms with Gasteiger partial charge in [0.25, 0.3) is 5.91 Å². The maximum Gasteiger partial charge on any atom is 0.251 e. The van der Waals surface area contributed by atoms with Gasteiger partial charge in [0.05, 0.1) is 0 Å². The molecule has 1 aromatic rings. The Morgan fingerprint density at radius 2 is 1.77 bits per heavy atom. The van der Waals surface area contributed by atoms with Gasteiger partial charge in [0.15, 0.2) is 0 Å². The van der Waals surface area contributed by atoms with E-state index in [1.165, 1.54) is 0 Å². The van der Waals surface area contributed by atoms with Gasteiger partial charge < -0.3 is 11.1 Å². The first-order valence-electron chi connectivity index (χ1n) is 8.33. The van der Waals surface area contributed by atoms with Gasteiger partial charge in [-0.3, -0.25) is 9.69 Å².